The molecule has 0 saturated carbocycles. The molecule has 114 valence electrons. The molecule has 9 nitrogen and oxygen atoms in total. The van der Waals surface area contributed by atoms with Gasteiger partial charge in [0.1, 0.15) is 0 Å². The van der Waals surface area contributed by atoms with E-state index in [0.29, 0.717) is 0 Å². The van der Waals surface area contributed by atoms with Gasteiger partial charge in [-0.3, -0.25) is 5.43 Å². The third-order valence-corrected chi connectivity index (χ3v) is 2.46. The summed E-state index contributed by atoms with van der Waals surface area (Å²) in [6, 6.07) is 1.66. The molecule has 0 fully saturated rings. The van der Waals surface area contributed by atoms with Crippen LogP contribution in [-0.2, 0) is 0 Å². The Morgan fingerprint density at radius 1 is 1.38 bits per heavy atom. The molecular weight excluding hydrogens is 286 g/mol. The van der Waals surface area contributed by atoms with Gasteiger partial charge < -0.3 is 10.0 Å². The second-order valence-electron chi connectivity index (χ2n) is 3.91. The molecule has 0 aromatic carbocycles. The van der Waals surface area contributed by atoms with Crippen molar-refractivity contribution in [3.05, 3.63) is 18.5 Å². The summed E-state index contributed by atoms with van der Waals surface area (Å²) in [7, 11) is 0. The van der Waals surface area contributed by atoms with E-state index in [0.717, 1.165) is 4.90 Å². The third kappa shape index (κ3) is 3.79. The number of hydrazine groups is 1. The van der Waals surface area contributed by atoms with Gasteiger partial charge in [-0.1, -0.05) is 0 Å². The Morgan fingerprint density at radius 2 is 2.19 bits per heavy atom. The molecule has 0 spiro atoms. The lowest BCUT2D eigenvalue weighted by atomic mass is 10.5. The lowest BCUT2D eigenvalue weighted by molar-refractivity contribution is 0.152. The number of rotatable bonds is 7. The SMILES string of the molecule is NNc1nc(N(CCO)CC(F)F)nc(-n2cccn2)n1. The highest BCUT2D eigenvalue weighted by molar-refractivity contribution is 5.39. The molecule has 0 amide bonds. The van der Waals surface area contributed by atoms with E-state index >= 15 is 0 Å². The highest BCUT2D eigenvalue weighted by atomic mass is 19.3. The second kappa shape index (κ2) is 6.85. The van der Waals surface area contributed by atoms with Crippen molar-refractivity contribution >= 4 is 11.9 Å². The van der Waals surface area contributed by atoms with E-state index in [-0.39, 0.29) is 31.0 Å². The topological polar surface area (TPSA) is 118 Å². The van der Waals surface area contributed by atoms with Crippen LogP contribution in [0.3, 0.4) is 0 Å². The number of alkyl halides is 2. The largest absolute Gasteiger partial charge is 0.395 e. The van der Waals surface area contributed by atoms with Crippen LogP contribution in [0.4, 0.5) is 20.7 Å². The number of nitrogen functional groups attached to an aromatic ring is 1. The van der Waals surface area contributed by atoms with Crippen LogP contribution in [0.2, 0.25) is 0 Å². The summed E-state index contributed by atoms with van der Waals surface area (Å²) in [5.74, 6) is 5.36. The Hall–Kier alpha value is -2.40. The minimum atomic E-state index is -2.60. The van der Waals surface area contributed by atoms with Gasteiger partial charge in [0, 0.05) is 18.9 Å². The Balaban J connectivity index is 2.38. The fourth-order valence-corrected chi connectivity index (χ4v) is 1.61. The summed E-state index contributed by atoms with van der Waals surface area (Å²) in [6.07, 6.45) is 0.503. The lowest BCUT2D eigenvalue weighted by Gasteiger charge is -2.21. The number of halogens is 2. The van der Waals surface area contributed by atoms with Crippen molar-refractivity contribution in [2.45, 2.75) is 6.43 Å². The Bertz CT molecular complexity index is 564. The van der Waals surface area contributed by atoms with Crippen molar-refractivity contribution in [2.24, 2.45) is 5.84 Å². The van der Waals surface area contributed by atoms with Crippen LogP contribution in [0, 0.1) is 0 Å². The molecule has 11 heteroatoms. The number of anilines is 2. The van der Waals surface area contributed by atoms with Gasteiger partial charge in [-0.2, -0.15) is 20.1 Å². The minimum absolute atomic E-state index is 0.00251. The van der Waals surface area contributed by atoms with Crippen molar-refractivity contribution < 1.29 is 13.9 Å². The first-order chi connectivity index (χ1) is 10.1. The van der Waals surface area contributed by atoms with Crippen LogP contribution in [0.5, 0.6) is 0 Å². The van der Waals surface area contributed by atoms with Gasteiger partial charge in [0.25, 0.3) is 12.4 Å². The molecule has 0 aliphatic heterocycles. The molecule has 0 aliphatic carbocycles. The van der Waals surface area contributed by atoms with E-state index in [1.807, 2.05) is 0 Å². The smallest absolute Gasteiger partial charge is 0.257 e. The summed E-state index contributed by atoms with van der Waals surface area (Å²) in [5.41, 5.74) is 2.24. The molecular formula is C10H14F2N8O. The van der Waals surface area contributed by atoms with Crippen molar-refractivity contribution in [2.75, 3.05) is 30.0 Å². The van der Waals surface area contributed by atoms with Crippen molar-refractivity contribution in [1.29, 1.82) is 0 Å². The molecule has 0 atom stereocenters. The number of nitrogens with one attached hydrogen (secondary N) is 1. The maximum absolute atomic E-state index is 12.6. The number of aliphatic hydroxyl groups excluding tert-OH is 1. The van der Waals surface area contributed by atoms with Gasteiger partial charge >= 0.3 is 0 Å². The van der Waals surface area contributed by atoms with Crippen molar-refractivity contribution in [1.82, 2.24) is 24.7 Å². The maximum Gasteiger partial charge on any atom is 0.257 e. The molecule has 2 aromatic rings. The predicted octanol–water partition coefficient (Wildman–Crippen LogP) is -0.593. The first-order valence-electron chi connectivity index (χ1n) is 6.00. The molecule has 4 N–H and O–H groups in total. The minimum Gasteiger partial charge on any atom is -0.395 e. The Labute approximate surface area is 118 Å². The summed E-state index contributed by atoms with van der Waals surface area (Å²) in [6.45, 7) is -0.981. The zero-order valence-electron chi connectivity index (χ0n) is 10.9. The molecule has 0 unspecified atom stereocenters. The molecule has 2 heterocycles. The van der Waals surface area contributed by atoms with Crippen molar-refractivity contribution in [3.63, 3.8) is 0 Å². The molecule has 0 aliphatic rings. The highest BCUT2D eigenvalue weighted by Crippen LogP contribution is 2.13. The van der Waals surface area contributed by atoms with E-state index in [9.17, 15) is 8.78 Å². The average Bonchev–Trinajstić information content (AvgIpc) is 3.00. The fourth-order valence-electron chi connectivity index (χ4n) is 1.61. The lowest BCUT2D eigenvalue weighted by Crippen LogP contribution is -2.34. The highest BCUT2D eigenvalue weighted by Gasteiger charge is 2.18. The van der Waals surface area contributed by atoms with E-state index in [1.165, 1.54) is 10.9 Å². The summed E-state index contributed by atoms with van der Waals surface area (Å²) >= 11 is 0. The van der Waals surface area contributed by atoms with Gasteiger partial charge in [-0.25, -0.2) is 19.3 Å². The van der Waals surface area contributed by atoms with Gasteiger partial charge in [0.2, 0.25) is 11.9 Å². The third-order valence-electron chi connectivity index (χ3n) is 2.46. The second-order valence-corrected chi connectivity index (χ2v) is 3.91. The monoisotopic (exact) mass is 300 g/mol. The number of nitrogens with two attached hydrogens (primary N) is 1. The molecule has 2 rings (SSSR count). The van der Waals surface area contributed by atoms with E-state index < -0.39 is 13.0 Å². The van der Waals surface area contributed by atoms with E-state index in [2.05, 4.69) is 25.5 Å². The number of hydrogen-bond donors (Lipinski definition) is 3. The molecule has 0 radical (unpaired) electrons. The predicted molar refractivity (Wildman–Crippen MR) is 70.1 cm³/mol. The molecule has 0 bridgehead atoms. The van der Waals surface area contributed by atoms with Gasteiger partial charge in [-0.15, -0.1) is 0 Å². The fraction of sp³-hybridized carbons (Fsp3) is 0.400. The standard InChI is InChI=1S/C10H14F2N8O/c11-7(12)6-19(4-5-21)9-15-8(18-13)16-10(17-9)20-3-1-2-14-20/h1-3,7,21H,4-6,13H2,(H,15,16,17,18). The van der Waals surface area contributed by atoms with E-state index in [1.54, 1.807) is 12.3 Å². The van der Waals surface area contributed by atoms with Crippen LogP contribution in [0.25, 0.3) is 5.95 Å². The maximum atomic E-state index is 12.6. The van der Waals surface area contributed by atoms with Gasteiger partial charge in [-0.05, 0) is 6.07 Å². The number of aliphatic hydroxyl groups is 1. The van der Waals surface area contributed by atoms with Crippen molar-refractivity contribution in [3.8, 4) is 5.95 Å². The number of nitrogens with zero attached hydrogens (tertiary/aromatic N) is 6. The molecule has 21 heavy (non-hydrogen) atoms. The molecule has 2 aromatic heterocycles. The Kier molecular flexibility index (Phi) is 4.90. The number of aromatic nitrogens is 5. The number of hydrogen-bond acceptors (Lipinski definition) is 8. The van der Waals surface area contributed by atoms with Gasteiger partial charge in [0.15, 0.2) is 0 Å². The Morgan fingerprint density at radius 3 is 2.76 bits per heavy atom. The van der Waals surface area contributed by atoms with E-state index in [4.69, 9.17) is 10.9 Å². The average molecular weight is 300 g/mol. The van der Waals surface area contributed by atoms with Crippen LogP contribution < -0.4 is 16.2 Å². The van der Waals surface area contributed by atoms with Crippen LogP contribution >= 0.6 is 0 Å². The van der Waals surface area contributed by atoms with Crippen LogP contribution in [0.15, 0.2) is 18.5 Å². The quantitative estimate of drug-likeness (QED) is 0.458. The zero-order chi connectivity index (χ0) is 15.2. The normalized spacial score (nSPS) is 10.9. The van der Waals surface area contributed by atoms with Gasteiger partial charge in [0.05, 0.1) is 13.2 Å². The summed E-state index contributed by atoms with van der Waals surface area (Å²) in [4.78, 5) is 13.1. The zero-order valence-corrected chi connectivity index (χ0v) is 10.9. The van der Waals surface area contributed by atoms with Crippen LogP contribution in [0.1, 0.15) is 0 Å². The summed E-state index contributed by atoms with van der Waals surface area (Å²) < 4.78 is 26.5. The van der Waals surface area contributed by atoms with Crippen LogP contribution in [-0.4, -0.2) is 56.0 Å². The molecule has 0 saturated heterocycles. The summed E-state index contributed by atoms with van der Waals surface area (Å²) in [5, 5.41) is 12.9. The first kappa shape index (κ1) is 15.0. The first-order valence-corrected chi connectivity index (χ1v) is 6.00.